The third kappa shape index (κ3) is 3.76. The smallest absolute Gasteiger partial charge is 0.221 e. The van der Waals surface area contributed by atoms with Crippen LogP contribution in [0.25, 0.3) is 11.0 Å². The Labute approximate surface area is 127 Å². The summed E-state index contributed by atoms with van der Waals surface area (Å²) in [5, 5.41) is 2.76. The van der Waals surface area contributed by atoms with Gasteiger partial charge in [-0.1, -0.05) is 13.0 Å². The predicted octanol–water partition coefficient (Wildman–Crippen LogP) is 1.77. The summed E-state index contributed by atoms with van der Waals surface area (Å²) in [6.07, 6.45) is 0.753. The summed E-state index contributed by atoms with van der Waals surface area (Å²) in [6.45, 7) is 3.84. The molecule has 1 amide bonds. The monoisotopic (exact) mass is 327 g/mol. The Morgan fingerprint density at radius 1 is 1.38 bits per heavy atom. The first-order valence-corrected chi connectivity index (χ1v) is 9.05. The predicted molar refractivity (Wildman–Crippen MR) is 82.0 cm³/mol. The first kappa shape index (κ1) is 15.8. The lowest BCUT2D eigenvalue weighted by Gasteiger charge is -2.11. The van der Waals surface area contributed by atoms with Gasteiger partial charge in [-0.3, -0.25) is 4.79 Å². The van der Waals surface area contributed by atoms with E-state index >= 15 is 0 Å². The lowest BCUT2D eigenvalue weighted by atomic mass is 10.2. The highest BCUT2D eigenvalue weighted by Gasteiger charge is 2.21. The molecule has 0 saturated carbocycles. The number of hydrogen-bond donors (Lipinski definition) is 1. The Morgan fingerprint density at radius 3 is 2.86 bits per heavy atom. The minimum atomic E-state index is -3.55. The summed E-state index contributed by atoms with van der Waals surface area (Å²) in [7, 11) is -3.55. The Balaban J connectivity index is 2.12. The molecule has 0 bridgehead atoms. The van der Waals surface area contributed by atoms with E-state index in [-0.39, 0.29) is 29.0 Å². The SMILES string of the molecule is CC[C@@H](C)NC(=O)CCS(=O)(=O)c1cccc2nsnc12. The average molecular weight is 327 g/mol. The third-order valence-corrected chi connectivity index (χ3v) is 5.49. The molecule has 0 saturated heterocycles. The van der Waals surface area contributed by atoms with Crippen molar-refractivity contribution in [3.05, 3.63) is 18.2 Å². The molecule has 0 aliphatic rings. The Kier molecular flexibility index (Phi) is 4.89. The second-order valence-electron chi connectivity index (χ2n) is 4.83. The number of nitrogens with zero attached hydrogens (tertiary/aromatic N) is 2. The summed E-state index contributed by atoms with van der Waals surface area (Å²) in [4.78, 5) is 11.8. The van der Waals surface area contributed by atoms with Crippen LogP contribution in [0.3, 0.4) is 0 Å². The number of rotatable bonds is 6. The molecule has 1 aromatic carbocycles. The standard InChI is InChI=1S/C13H17N3O3S2/c1-3-9(2)14-12(17)7-8-21(18,19)11-6-4-5-10-13(11)16-20-15-10/h4-6,9H,3,7-8H2,1-2H3,(H,14,17)/t9-/m1/s1. The van der Waals surface area contributed by atoms with Gasteiger partial charge in [0, 0.05) is 12.5 Å². The molecule has 1 atom stereocenters. The molecule has 1 N–H and O–H groups in total. The summed E-state index contributed by atoms with van der Waals surface area (Å²) in [5.74, 6) is -0.483. The fourth-order valence-corrected chi connectivity index (χ4v) is 3.83. The van der Waals surface area contributed by atoms with Gasteiger partial charge in [-0.2, -0.15) is 8.75 Å². The summed E-state index contributed by atoms with van der Waals surface area (Å²) in [5.41, 5.74) is 0.940. The number of fused-ring (bicyclic) bond motifs is 1. The maximum atomic E-state index is 12.4. The van der Waals surface area contributed by atoms with Crippen LogP contribution in [-0.2, 0) is 14.6 Å². The number of nitrogens with one attached hydrogen (secondary N) is 1. The van der Waals surface area contributed by atoms with E-state index in [2.05, 4.69) is 14.1 Å². The van der Waals surface area contributed by atoms with Gasteiger partial charge in [0.15, 0.2) is 9.84 Å². The van der Waals surface area contributed by atoms with Crippen molar-refractivity contribution in [2.75, 3.05) is 5.75 Å². The lowest BCUT2D eigenvalue weighted by Crippen LogP contribution is -2.33. The lowest BCUT2D eigenvalue weighted by molar-refractivity contribution is -0.121. The molecule has 0 fully saturated rings. The number of benzene rings is 1. The van der Waals surface area contributed by atoms with E-state index in [1.54, 1.807) is 12.1 Å². The van der Waals surface area contributed by atoms with Gasteiger partial charge in [0.2, 0.25) is 5.91 Å². The van der Waals surface area contributed by atoms with Crippen LogP contribution in [0.15, 0.2) is 23.1 Å². The molecule has 0 radical (unpaired) electrons. The normalized spacial score (nSPS) is 13.2. The van der Waals surface area contributed by atoms with Crippen molar-refractivity contribution in [1.82, 2.24) is 14.1 Å². The molecule has 2 rings (SSSR count). The fraction of sp³-hybridized carbons (Fsp3) is 0.462. The van der Waals surface area contributed by atoms with Gasteiger partial charge >= 0.3 is 0 Å². The molecule has 1 aromatic heterocycles. The number of aromatic nitrogens is 2. The number of amides is 1. The zero-order valence-electron chi connectivity index (χ0n) is 11.9. The topological polar surface area (TPSA) is 89.0 Å². The summed E-state index contributed by atoms with van der Waals surface area (Å²) >= 11 is 0.975. The van der Waals surface area contributed by atoms with Gasteiger partial charge in [-0.05, 0) is 25.5 Å². The van der Waals surface area contributed by atoms with Crippen molar-refractivity contribution in [2.45, 2.75) is 37.6 Å². The van der Waals surface area contributed by atoms with E-state index in [4.69, 9.17) is 0 Å². The molecule has 0 aliphatic heterocycles. The highest BCUT2D eigenvalue weighted by atomic mass is 32.2. The van der Waals surface area contributed by atoms with Crippen molar-refractivity contribution >= 4 is 38.5 Å². The molecular weight excluding hydrogens is 310 g/mol. The van der Waals surface area contributed by atoms with Crippen molar-refractivity contribution in [1.29, 1.82) is 0 Å². The van der Waals surface area contributed by atoms with Crippen LogP contribution in [0.5, 0.6) is 0 Å². The van der Waals surface area contributed by atoms with E-state index in [9.17, 15) is 13.2 Å². The first-order chi connectivity index (χ1) is 9.94. The van der Waals surface area contributed by atoms with Gasteiger partial charge in [-0.25, -0.2) is 8.42 Å². The maximum absolute atomic E-state index is 12.4. The number of carbonyl (C=O) groups excluding carboxylic acids is 1. The number of sulfone groups is 1. The molecule has 1 heterocycles. The number of hydrogen-bond acceptors (Lipinski definition) is 6. The van der Waals surface area contributed by atoms with E-state index in [1.807, 2.05) is 13.8 Å². The molecule has 2 aromatic rings. The minimum Gasteiger partial charge on any atom is -0.354 e. The third-order valence-electron chi connectivity index (χ3n) is 3.20. The van der Waals surface area contributed by atoms with Crippen molar-refractivity contribution < 1.29 is 13.2 Å². The van der Waals surface area contributed by atoms with Crippen molar-refractivity contribution in [2.24, 2.45) is 0 Å². The van der Waals surface area contributed by atoms with Crippen LogP contribution < -0.4 is 5.32 Å². The minimum absolute atomic E-state index is 0.0476. The van der Waals surface area contributed by atoms with E-state index in [0.717, 1.165) is 18.1 Å². The zero-order valence-corrected chi connectivity index (χ0v) is 13.5. The molecule has 114 valence electrons. The Morgan fingerprint density at radius 2 is 2.14 bits per heavy atom. The van der Waals surface area contributed by atoms with E-state index in [0.29, 0.717) is 11.0 Å². The quantitative estimate of drug-likeness (QED) is 0.873. The van der Waals surface area contributed by atoms with E-state index in [1.165, 1.54) is 6.07 Å². The molecule has 0 spiro atoms. The fourth-order valence-electron chi connectivity index (χ4n) is 1.82. The van der Waals surface area contributed by atoms with Crippen LogP contribution in [0.2, 0.25) is 0 Å². The first-order valence-electron chi connectivity index (χ1n) is 6.67. The van der Waals surface area contributed by atoms with Crippen LogP contribution in [-0.4, -0.2) is 34.9 Å². The van der Waals surface area contributed by atoms with E-state index < -0.39 is 9.84 Å². The molecule has 6 nitrogen and oxygen atoms in total. The molecule has 0 aliphatic carbocycles. The summed E-state index contributed by atoms with van der Waals surface area (Å²) < 4.78 is 32.8. The summed E-state index contributed by atoms with van der Waals surface area (Å²) in [6, 6.07) is 4.90. The molecule has 21 heavy (non-hydrogen) atoms. The van der Waals surface area contributed by atoms with Crippen LogP contribution >= 0.6 is 11.7 Å². The second kappa shape index (κ2) is 6.48. The highest BCUT2D eigenvalue weighted by Crippen LogP contribution is 2.22. The van der Waals surface area contributed by atoms with Crippen LogP contribution in [0, 0.1) is 0 Å². The Bertz CT molecular complexity index is 740. The molecular formula is C13H17N3O3S2. The largest absolute Gasteiger partial charge is 0.354 e. The molecule has 8 heteroatoms. The molecule has 0 unspecified atom stereocenters. The number of carbonyl (C=O) groups is 1. The van der Waals surface area contributed by atoms with Crippen molar-refractivity contribution in [3.63, 3.8) is 0 Å². The van der Waals surface area contributed by atoms with Gasteiger partial charge < -0.3 is 5.32 Å². The van der Waals surface area contributed by atoms with Crippen LogP contribution in [0.1, 0.15) is 26.7 Å². The van der Waals surface area contributed by atoms with Gasteiger partial charge in [0.05, 0.1) is 22.4 Å². The van der Waals surface area contributed by atoms with Gasteiger partial charge in [0.1, 0.15) is 11.0 Å². The zero-order chi connectivity index (χ0) is 15.5. The average Bonchev–Trinajstić information content (AvgIpc) is 2.93. The van der Waals surface area contributed by atoms with Crippen molar-refractivity contribution in [3.8, 4) is 0 Å². The van der Waals surface area contributed by atoms with Gasteiger partial charge in [-0.15, -0.1) is 0 Å². The Hall–Kier alpha value is -1.54. The van der Waals surface area contributed by atoms with Gasteiger partial charge in [0.25, 0.3) is 0 Å². The highest BCUT2D eigenvalue weighted by molar-refractivity contribution is 7.91. The van der Waals surface area contributed by atoms with Crippen LogP contribution in [0.4, 0.5) is 0 Å². The maximum Gasteiger partial charge on any atom is 0.221 e. The second-order valence-corrected chi connectivity index (χ2v) is 7.44.